The Labute approximate surface area is 102 Å². The topological polar surface area (TPSA) is 29.3 Å². The summed E-state index contributed by atoms with van der Waals surface area (Å²) in [6.07, 6.45) is 9.62. The van der Waals surface area contributed by atoms with Crippen LogP contribution in [0.5, 0.6) is 0 Å². The van der Waals surface area contributed by atoms with E-state index in [4.69, 9.17) is 5.73 Å². The van der Waals surface area contributed by atoms with Gasteiger partial charge in [0.2, 0.25) is 0 Å². The first-order valence-corrected chi connectivity index (χ1v) is 7.12. The molecule has 1 rings (SSSR count). The molecule has 2 unspecified atom stereocenters. The van der Waals surface area contributed by atoms with E-state index in [0.29, 0.717) is 12.1 Å². The lowest BCUT2D eigenvalue weighted by molar-refractivity contribution is 0.160. The molecule has 2 atom stereocenters. The molecule has 0 radical (unpaired) electrons. The molecule has 0 aromatic heterocycles. The van der Waals surface area contributed by atoms with Gasteiger partial charge in [-0.1, -0.05) is 32.6 Å². The van der Waals surface area contributed by atoms with Crippen molar-refractivity contribution in [3.05, 3.63) is 0 Å². The van der Waals surface area contributed by atoms with Crippen LogP contribution in [-0.2, 0) is 0 Å². The van der Waals surface area contributed by atoms with Crippen molar-refractivity contribution >= 4 is 0 Å². The summed E-state index contributed by atoms with van der Waals surface area (Å²) in [5.74, 6) is 0.896. The highest BCUT2D eigenvalue weighted by atomic mass is 15.2. The van der Waals surface area contributed by atoms with Gasteiger partial charge in [0.25, 0.3) is 0 Å². The lowest BCUT2D eigenvalue weighted by atomic mass is 10.0. The summed E-state index contributed by atoms with van der Waals surface area (Å²) in [6, 6.07) is 1.34. The van der Waals surface area contributed by atoms with E-state index in [1.807, 2.05) is 0 Å². The molecule has 96 valence electrons. The second-order valence-corrected chi connectivity index (χ2v) is 5.50. The van der Waals surface area contributed by atoms with Crippen LogP contribution in [0.15, 0.2) is 0 Å². The number of hydrogen-bond acceptors (Lipinski definition) is 2. The molecular weight excluding hydrogens is 196 g/mol. The zero-order valence-corrected chi connectivity index (χ0v) is 11.4. The molecule has 0 saturated heterocycles. The van der Waals surface area contributed by atoms with Crippen molar-refractivity contribution in [3.8, 4) is 0 Å². The Balaban J connectivity index is 2.20. The van der Waals surface area contributed by atoms with Crippen LogP contribution >= 0.6 is 0 Å². The fraction of sp³-hybridized carbons (Fsp3) is 1.00. The summed E-state index contributed by atoms with van der Waals surface area (Å²) in [5.41, 5.74) is 5.89. The third kappa shape index (κ3) is 4.42. The van der Waals surface area contributed by atoms with Gasteiger partial charge < -0.3 is 5.73 Å². The van der Waals surface area contributed by atoms with Crippen molar-refractivity contribution in [3.63, 3.8) is 0 Å². The fourth-order valence-corrected chi connectivity index (χ4v) is 2.57. The number of nitrogens with two attached hydrogens (primary N) is 1. The molecule has 16 heavy (non-hydrogen) atoms. The van der Waals surface area contributed by atoms with Crippen LogP contribution in [0, 0.1) is 5.92 Å². The molecule has 2 heteroatoms. The lowest BCUT2D eigenvalue weighted by Crippen LogP contribution is -2.44. The van der Waals surface area contributed by atoms with Gasteiger partial charge in [0.1, 0.15) is 0 Å². The lowest BCUT2D eigenvalue weighted by Gasteiger charge is -2.32. The van der Waals surface area contributed by atoms with Crippen LogP contribution in [0.25, 0.3) is 0 Å². The first-order chi connectivity index (χ1) is 7.70. The van der Waals surface area contributed by atoms with Crippen LogP contribution < -0.4 is 5.73 Å². The molecule has 0 aromatic carbocycles. The zero-order chi connectivity index (χ0) is 12.0. The molecule has 1 aliphatic carbocycles. The van der Waals surface area contributed by atoms with Crippen molar-refractivity contribution in [2.45, 2.75) is 70.9 Å². The fourth-order valence-electron chi connectivity index (χ4n) is 2.57. The predicted octanol–water partition coefficient (Wildman–Crippen LogP) is 3.01. The van der Waals surface area contributed by atoms with Gasteiger partial charge >= 0.3 is 0 Å². The molecule has 0 aromatic rings. The van der Waals surface area contributed by atoms with E-state index in [-0.39, 0.29) is 0 Å². The highest BCUT2D eigenvalue weighted by Gasteiger charge is 2.34. The third-order valence-corrected chi connectivity index (χ3v) is 4.10. The van der Waals surface area contributed by atoms with Gasteiger partial charge in [-0.3, -0.25) is 4.90 Å². The Kier molecular flexibility index (Phi) is 6.37. The minimum absolute atomic E-state index is 0.640. The second kappa shape index (κ2) is 7.29. The zero-order valence-electron chi connectivity index (χ0n) is 11.4. The van der Waals surface area contributed by atoms with E-state index in [1.165, 1.54) is 44.9 Å². The van der Waals surface area contributed by atoms with Crippen molar-refractivity contribution < 1.29 is 0 Å². The summed E-state index contributed by atoms with van der Waals surface area (Å²) in [5, 5.41) is 0. The molecule has 0 amide bonds. The number of hydrogen-bond donors (Lipinski definition) is 1. The summed E-state index contributed by atoms with van der Waals surface area (Å²) >= 11 is 0. The maximum atomic E-state index is 5.89. The highest BCUT2D eigenvalue weighted by Crippen LogP contribution is 2.35. The summed E-state index contributed by atoms with van der Waals surface area (Å²) in [6.45, 7) is 5.46. The number of rotatable bonds is 9. The maximum absolute atomic E-state index is 5.89. The van der Waals surface area contributed by atoms with E-state index in [2.05, 4.69) is 25.8 Å². The first kappa shape index (κ1) is 14.0. The first-order valence-electron chi connectivity index (χ1n) is 7.12. The molecule has 0 aliphatic heterocycles. The third-order valence-electron chi connectivity index (χ3n) is 4.10. The van der Waals surface area contributed by atoms with Gasteiger partial charge in [0.05, 0.1) is 0 Å². The molecular formula is C14H30N2. The molecule has 0 heterocycles. The van der Waals surface area contributed by atoms with Crippen molar-refractivity contribution in [1.82, 2.24) is 4.90 Å². The quantitative estimate of drug-likeness (QED) is 0.612. The molecule has 1 aliphatic rings. The Bertz CT molecular complexity index is 178. The normalized spacial score (nSPS) is 20.1. The van der Waals surface area contributed by atoms with Crippen LogP contribution in [0.2, 0.25) is 0 Å². The van der Waals surface area contributed by atoms with Gasteiger partial charge in [-0.05, 0) is 39.2 Å². The summed E-state index contributed by atoms with van der Waals surface area (Å²) in [4.78, 5) is 2.53. The Morgan fingerprint density at radius 1 is 1.25 bits per heavy atom. The van der Waals surface area contributed by atoms with Gasteiger partial charge in [-0.25, -0.2) is 0 Å². The average Bonchev–Trinajstić information content (AvgIpc) is 3.09. The van der Waals surface area contributed by atoms with Crippen LogP contribution in [0.4, 0.5) is 0 Å². The van der Waals surface area contributed by atoms with Crippen molar-refractivity contribution in [1.29, 1.82) is 0 Å². The monoisotopic (exact) mass is 226 g/mol. The van der Waals surface area contributed by atoms with Crippen LogP contribution in [0.1, 0.15) is 58.8 Å². The van der Waals surface area contributed by atoms with E-state index in [0.717, 1.165) is 12.5 Å². The van der Waals surface area contributed by atoms with Crippen LogP contribution in [-0.4, -0.2) is 30.6 Å². The predicted molar refractivity (Wildman–Crippen MR) is 71.6 cm³/mol. The summed E-state index contributed by atoms with van der Waals surface area (Å²) < 4.78 is 0. The van der Waals surface area contributed by atoms with Gasteiger partial charge in [0, 0.05) is 18.6 Å². The average molecular weight is 226 g/mol. The Morgan fingerprint density at radius 3 is 2.44 bits per heavy atom. The van der Waals surface area contributed by atoms with E-state index in [9.17, 15) is 0 Å². The second-order valence-electron chi connectivity index (χ2n) is 5.50. The SMILES string of the molecule is CCCCCCC(C)N(C)C(CN)C1CC1. The minimum Gasteiger partial charge on any atom is -0.329 e. The smallest absolute Gasteiger partial charge is 0.0246 e. The molecule has 0 spiro atoms. The van der Waals surface area contributed by atoms with Crippen molar-refractivity contribution in [2.24, 2.45) is 11.7 Å². The summed E-state index contributed by atoms with van der Waals surface area (Å²) in [7, 11) is 2.26. The molecule has 2 nitrogen and oxygen atoms in total. The Morgan fingerprint density at radius 2 is 1.94 bits per heavy atom. The Hall–Kier alpha value is -0.0800. The van der Waals surface area contributed by atoms with Gasteiger partial charge in [0.15, 0.2) is 0 Å². The van der Waals surface area contributed by atoms with Gasteiger partial charge in [-0.2, -0.15) is 0 Å². The van der Waals surface area contributed by atoms with Gasteiger partial charge in [-0.15, -0.1) is 0 Å². The number of unbranched alkanes of at least 4 members (excludes halogenated alkanes) is 3. The largest absolute Gasteiger partial charge is 0.329 e. The van der Waals surface area contributed by atoms with Crippen LogP contribution in [0.3, 0.4) is 0 Å². The number of nitrogens with zero attached hydrogens (tertiary/aromatic N) is 1. The molecule has 2 N–H and O–H groups in total. The van der Waals surface area contributed by atoms with E-state index >= 15 is 0 Å². The number of likely N-dealkylation sites (N-methyl/N-ethyl adjacent to an activating group) is 1. The highest BCUT2D eigenvalue weighted by molar-refractivity contribution is 4.89. The van der Waals surface area contributed by atoms with Crippen molar-refractivity contribution in [2.75, 3.05) is 13.6 Å². The van der Waals surface area contributed by atoms with E-state index in [1.54, 1.807) is 0 Å². The standard InChI is InChI=1S/C14H30N2/c1-4-5-6-7-8-12(2)16(3)14(11-15)13-9-10-13/h12-14H,4-11,15H2,1-3H3. The minimum atomic E-state index is 0.640. The molecule has 1 saturated carbocycles. The molecule has 1 fully saturated rings. The molecule has 0 bridgehead atoms. The van der Waals surface area contributed by atoms with E-state index < -0.39 is 0 Å². The maximum Gasteiger partial charge on any atom is 0.0246 e.